The number of aliphatic hydroxyl groups excluding tert-OH is 1. The smallest absolute Gasteiger partial charge is 0.295 e. The number of carbonyl (C=O) groups is 2. The molecule has 0 spiro atoms. The number of methoxy groups -OCH3 is 1. The third kappa shape index (κ3) is 3.73. The Morgan fingerprint density at radius 3 is 2.69 bits per heavy atom. The number of pyridine rings is 1. The zero-order valence-electron chi connectivity index (χ0n) is 18.1. The molecule has 0 aliphatic carbocycles. The fourth-order valence-electron chi connectivity index (χ4n) is 4.19. The monoisotopic (exact) mass is 497 g/mol. The minimum Gasteiger partial charge on any atom is -0.505 e. The van der Waals surface area contributed by atoms with Crippen LogP contribution in [0.5, 0.6) is 0 Å². The quantitative estimate of drug-likeness (QED) is 0.239. The maximum Gasteiger partial charge on any atom is 0.295 e. The van der Waals surface area contributed by atoms with Crippen LogP contribution in [0.25, 0.3) is 11.4 Å². The van der Waals surface area contributed by atoms with E-state index < -0.39 is 17.7 Å². The second-order valence-electron chi connectivity index (χ2n) is 7.82. The molecule has 3 aromatic rings. The molecule has 0 radical (unpaired) electrons. The molecule has 1 saturated heterocycles. The van der Waals surface area contributed by atoms with Crippen molar-refractivity contribution in [3.8, 4) is 0 Å². The van der Waals surface area contributed by atoms with Gasteiger partial charge in [0.05, 0.1) is 17.3 Å². The Morgan fingerprint density at radius 2 is 2.00 bits per heavy atom. The van der Waals surface area contributed by atoms with Crippen LogP contribution >= 0.6 is 15.9 Å². The number of fused-ring (bicyclic) bond motifs is 1. The van der Waals surface area contributed by atoms with E-state index in [0.717, 1.165) is 15.6 Å². The first kappa shape index (κ1) is 22.2. The van der Waals surface area contributed by atoms with E-state index in [4.69, 9.17) is 4.74 Å². The van der Waals surface area contributed by atoms with Gasteiger partial charge in [0.1, 0.15) is 11.3 Å². The van der Waals surface area contributed by atoms with Crippen LogP contribution in [0, 0.1) is 13.8 Å². The van der Waals surface area contributed by atoms with Gasteiger partial charge in [0.15, 0.2) is 5.76 Å². The summed E-state index contributed by atoms with van der Waals surface area (Å²) in [6.07, 6.45) is 2.43. The maximum atomic E-state index is 13.1. The van der Waals surface area contributed by atoms with Gasteiger partial charge in [0, 0.05) is 30.9 Å². The molecule has 1 fully saturated rings. The van der Waals surface area contributed by atoms with Crippen molar-refractivity contribution in [1.29, 1.82) is 0 Å². The van der Waals surface area contributed by atoms with E-state index in [1.165, 1.54) is 4.90 Å². The first-order valence-corrected chi connectivity index (χ1v) is 11.1. The van der Waals surface area contributed by atoms with Crippen molar-refractivity contribution >= 4 is 39.0 Å². The number of ether oxygens (including phenoxy) is 1. The first-order chi connectivity index (χ1) is 15.3. The molecule has 32 heavy (non-hydrogen) atoms. The fraction of sp³-hybridized carbons (Fsp3) is 0.292. The summed E-state index contributed by atoms with van der Waals surface area (Å²) in [5.74, 6) is -1.61. The average Bonchev–Trinajstić information content (AvgIpc) is 3.24. The highest BCUT2D eigenvalue weighted by atomic mass is 79.9. The lowest BCUT2D eigenvalue weighted by Crippen LogP contribution is -2.31. The number of carbonyl (C=O) groups excluding carboxylic acids is 2. The molecule has 1 amide bonds. The largest absolute Gasteiger partial charge is 0.505 e. The first-order valence-electron chi connectivity index (χ1n) is 10.3. The number of aliphatic hydroxyl groups is 1. The Labute approximate surface area is 194 Å². The topological polar surface area (TPSA) is 84.1 Å². The SMILES string of the molecule is COCCCN1C(=O)C(=O)/C(=C(/O)c2nc3c(C)cccn3c2C)C1c1cccc(Br)c1. The van der Waals surface area contributed by atoms with Crippen LogP contribution in [0.2, 0.25) is 0 Å². The van der Waals surface area contributed by atoms with Crippen LogP contribution in [-0.4, -0.2) is 51.3 Å². The van der Waals surface area contributed by atoms with Gasteiger partial charge >= 0.3 is 0 Å². The number of rotatable bonds is 6. The summed E-state index contributed by atoms with van der Waals surface area (Å²) in [6.45, 7) is 4.55. The van der Waals surface area contributed by atoms with Gasteiger partial charge in [0.25, 0.3) is 11.7 Å². The molecular weight excluding hydrogens is 474 g/mol. The number of aryl methyl sites for hydroxylation is 2. The van der Waals surface area contributed by atoms with E-state index in [2.05, 4.69) is 20.9 Å². The third-order valence-corrected chi connectivity index (χ3v) is 6.25. The number of aromatic nitrogens is 2. The van der Waals surface area contributed by atoms with Crippen LogP contribution in [0.4, 0.5) is 0 Å². The van der Waals surface area contributed by atoms with E-state index in [1.807, 2.05) is 60.8 Å². The van der Waals surface area contributed by atoms with Crippen LogP contribution in [0.15, 0.2) is 52.6 Å². The summed E-state index contributed by atoms with van der Waals surface area (Å²) >= 11 is 3.47. The number of likely N-dealkylation sites (tertiary alicyclic amines) is 1. The molecule has 1 N–H and O–H groups in total. The lowest BCUT2D eigenvalue weighted by molar-refractivity contribution is -0.140. The molecule has 2 aromatic heterocycles. The molecule has 3 heterocycles. The van der Waals surface area contributed by atoms with Crippen LogP contribution in [0.1, 0.15) is 35.0 Å². The molecule has 4 rings (SSSR count). The molecular formula is C24H24BrN3O4. The molecule has 8 heteroatoms. The number of benzene rings is 1. The molecule has 1 aliphatic rings. The Kier molecular flexibility index (Phi) is 6.17. The van der Waals surface area contributed by atoms with Crippen molar-refractivity contribution in [3.63, 3.8) is 0 Å². The summed E-state index contributed by atoms with van der Waals surface area (Å²) < 4.78 is 7.81. The van der Waals surface area contributed by atoms with E-state index in [1.54, 1.807) is 7.11 Å². The Balaban J connectivity index is 1.91. The van der Waals surface area contributed by atoms with Crippen molar-refractivity contribution in [3.05, 3.63) is 75.2 Å². The van der Waals surface area contributed by atoms with E-state index in [0.29, 0.717) is 36.6 Å². The van der Waals surface area contributed by atoms with E-state index >= 15 is 0 Å². The third-order valence-electron chi connectivity index (χ3n) is 5.76. The molecule has 1 aliphatic heterocycles. The highest BCUT2D eigenvalue weighted by Crippen LogP contribution is 2.40. The minimum atomic E-state index is -0.713. The second kappa shape index (κ2) is 8.88. The number of halogens is 1. The van der Waals surface area contributed by atoms with Gasteiger partial charge in [-0.1, -0.05) is 34.1 Å². The van der Waals surface area contributed by atoms with Crippen LogP contribution < -0.4 is 0 Å². The normalized spacial score (nSPS) is 18.1. The summed E-state index contributed by atoms with van der Waals surface area (Å²) in [5.41, 5.74) is 3.41. The van der Waals surface area contributed by atoms with Crippen molar-refractivity contribution < 1.29 is 19.4 Å². The Morgan fingerprint density at radius 1 is 1.22 bits per heavy atom. The predicted molar refractivity (Wildman–Crippen MR) is 124 cm³/mol. The van der Waals surface area contributed by atoms with Gasteiger partial charge in [-0.2, -0.15) is 0 Å². The lowest BCUT2D eigenvalue weighted by atomic mass is 9.96. The number of nitrogens with zero attached hydrogens (tertiary/aromatic N) is 3. The van der Waals surface area contributed by atoms with Crippen molar-refractivity contribution in [2.24, 2.45) is 0 Å². The number of ketones is 1. The van der Waals surface area contributed by atoms with E-state index in [9.17, 15) is 14.7 Å². The minimum absolute atomic E-state index is 0.0506. The zero-order valence-corrected chi connectivity index (χ0v) is 19.7. The number of hydrogen-bond acceptors (Lipinski definition) is 5. The van der Waals surface area contributed by atoms with Crippen molar-refractivity contribution in [1.82, 2.24) is 14.3 Å². The van der Waals surface area contributed by atoms with Gasteiger partial charge < -0.3 is 19.1 Å². The Bertz CT molecular complexity index is 1250. The fourth-order valence-corrected chi connectivity index (χ4v) is 4.60. The van der Waals surface area contributed by atoms with Gasteiger partial charge in [-0.25, -0.2) is 4.98 Å². The van der Waals surface area contributed by atoms with Gasteiger partial charge in [-0.15, -0.1) is 0 Å². The molecule has 7 nitrogen and oxygen atoms in total. The molecule has 0 saturated carbocycles. The molecule has 166 valence electrons. The summed E-state index contributed by atoms with van der Waals surface area (Å²) in [4.78, 5) is 32.2. The van der Waals surface area contributed by atoms with Crippen molar-refractivity contribution in [2.45, 2.75) is 26.3 Å². The highest BCUT2D eigenvalue weighted by molar-refractivity contribution is 9.10. The average molecular weight is 498 g/mol. The highest BCUT2D eigenvalue weighted by Gasteiger charge is 2.46. The van der Waals surface area contributed by atoms with Crippen molar-refractivity contribution in [2.75, 3.05) is 20.3 Å². The molecule has 0 bridgehead atoms. The number of amides is 1. The zero-order chi connectivity index (χ0) is 23.0. The maximum absolute atomic E-state index is 13.1. The predicted octanol–water partition coefficient (Wildman–Crippen LogP) is 4.17. The van der Waals surface area contributed by atoms with Crippen LogP contribution in [-0.2, 0) is 14.3 Å². The lowest BCUT2D eigenvalue weighted by Gasteiger charge is -2.25. The number of hydrogen-bond donors (Lipinski definition) is 1. The van der Waals surface area contributed by atoms with Gasteiger partial charge in [0.2, 0.25) is 0 Å². The second-order valence-corrected chi connectivity index (χ2v) is 8.74. The van der Waals surface area contributed by atoms with E-state index in [-0.39, 0.29) is 11.3 Å². The van der Waals surface area contributed by atoms with Gasteiger partial charge in [-0.05, 0) is 49.6 Å². The summed E-state index contributed by atoms with van der Waals surface area (Å²) in [6, 6.07) is 10.5. The van der Waals surface area contributed by atoms with Gasteiger partial charge in [-0.3, -0.25) is 9.59 Å². The number of imidazole rings is 1. The molecule has 1 aromatic carbocycles. The number of Topliss-reactive ketones (excluding diaryl/α,β-unsaturated/α-hetero) is 1. The summed E-state index contributed by atoms with van der Waals surface area (Å²) in [5, 5.41) is 11.3. The summed E-state index contributed by atoms with van der Waals surface area (Å²) in [7, 11) is 1.59. The molecule has 1 unspecified atom stereocenters. The van der Waals surface area contributed by atoms with Crippen LogP contribution in [0.3, 0.4) is 0 Å². The standard InChI is InChI=1S/C24H24BrN3O4/c1-14-7-5-10-27-15(2)19(26-23(14)27)21(29)18-20(16-8-4-9-17(25)13-16)28(11-6-12-32-3)24(31)22(18)30/h4-5,7-10,13,20,29H,6,11-12H2,1-3H3/b21-18+. The molecule has 1 atom stereocenters. The Hall–Kier alpha value is -2.97.